The molecule has 0 amide bonds. The van der Waals surface area contributed by atoms with Gasteiger partial charge in [0.1, 0.15) is 0 Å². The number of halogens is 1. The molecule has 0 aliphatic rings. The Morgan fingerprint density at radius 1 is 1.00 bits per heavy atom. The maximum atomic E-state index is 0. The van der Waals surface area contributed by atoms with Crippen molar-refractivity contribution in [3.63, 3.8) is 0 Å². The summed E-state index contributed by atoms with van der Waals surface area (Å²) in [5.41, 5.74) is 0. The first-order valence-electron chi connectivity index (χ1n) is 0. The van der Waals surface area contributed by atoms with Crippen LogP contribution in [0.4, 0.5) is 0 Å². The van der Waals surface area contributed by atoms with Gasteiger partial charge in [-0.2, -0.15) is 0 Å². The van der Waals surface area contributed by atoms with Crippen LogP contribution in [-0.2, 0) is 5.48 Å². The number of rotatable bonds is 0. The van der Waals surface area contributed by atoms with Crippen LogP contribution in [0.15, 0.2) is 0 Å². The number of hydrogen-bond acceptors (Lipinski definition) is 0. The first-order valence-corrected chi connectivity index (χ1v) is 0. The van der Waals surface area contributed by atoms with Gasteiger partial charge in [0.05, 0.1) is 0 Å². The third-order valence-corrected chi connectivity index (χ3v) is 0. The van der Waals surface area contributed by atoms with E-state index in [1.807, 2.05) is 0 Å². The summed E-state index contributed by atoms with van der Waals surface area (Å²) in [6.07, 6.45) is 0. The molecule has 0 radical (unpaired) electrons. The van der Waals surface area contributed by atoms with Gasteiger partial charge in [-0.05, 0) is 0 Å². The van der Waals surface area contributed by atoms with Crippen molar-refractivity contribution in [2.75, 3.05) is 0 Å². The van der Waals surface area contributed by atoms with E-state index in [4.69, 9.17) is 0 Å². The Morgan fingerprint density at radius 3 is 1.00 bits per heavy atom. The van der Waals surface area contributed by atoms with Crippen LogP contribution in [0.25, 0.3) is 0 Å². The van der Waals surface area contributed by atoms with Gasteiger partial charge in [0, 0.05) is 0 Å². The minimum absolute atomic E-state index is 0. The molecule has 2 nitrogen and oxygen atoms in total. The average molecular weight is 110 g/mol. The molecule has 0 aliphatic heterocycles. The summed E-state index contributed by atoms with van der Waals surface area (Å²) in [5.74, 6) is 0. The second-order valence-corrected chi connectivity index (χ2v) is 0. The Bertz CT molecular complexity index is 8.00. The predicted octanol–water partition coefficient (Wildman–Crippen LogP) is -3.12. The second-order valence-electron chi connectivity index (χ2n) is 0. The van der Waals surface area contributed by atoms with Crippen LogP contribution >= 0.6 is 0 Å². The minimum atomic E-state index is 0. The molecule has 4 N–H and O–H groups in total. The summed E-state index contributed by atoms with van der Waals surface area (Å²) >= 11 is 0. The SMILES string of the molecule is [Ca+2].[Cl-].[NH4+].[O-2]. The van der Waals surface area contributed by atoms with E-state index in [1.54, 1.807) is 0 Å². The van der Waals surface area contributed by atoms with Gasteiger partial charge in [-0.15, -0.1) is 0 Å². The molecular weight excluding hydrogens is 106 g/mol. The van der Waals surface area contributed by atoms with Crippen molar-refractivity contribution in [1.82, 2.24) is 6.15 Å². The van der Waals surface area contributed by atoms with Crippen molar-refractivity contribution < 1.29 is 17.9 Å². The number of hydrogen-bond donors (Lipinski definition) is 1. The molecule has 24 valence electrons. The van der Waals surface area contributed by atoms with Crippen molar-refractivity contribution in [3.05, 3.63) is 0 Å². The molecule has 0 saturated heterocycles. The van der Waals surface area contributed by atoms with Gasteiger partial charge in [0.2, 0.25) is 0 Å². The average Bonchev–Trinajstić information content (AvgIpc) is 0. The van der Waals surface area contributed by atoms with E-state index in [0.717, 1.165) is 0 Å². The summed E-state index contributed by atoms with van der Waals surface area (Å²) in [7, 11) is 0. The van der Waals surface area contributed by atoms with Gasteiger partial charge in [-0.1, -0.05) is 0 Å². The Morgan fingerprint density at radius 2 is 1.00 bits per heavy atom. The summed E-state index contributed by atoms with van der Waals surface area (Å²) in [4.78, 5) is 0. The van der Waals surface area contributed by atoms with Gasteiger partial charge < -0.3 is 24.0 Å². The first kappa shape index (κ1) is 50.6. The topological polar surface area (TPSA) is 65.0 Å². The molecule has 4 heavy (non-hydrogen) atoms. The molecule has 0 aliphatic carbocycles. The van der Waals surface area contributed by atoms with Crippen LogP contribution in [0.5, 0.6) is 0 Å². The van der Waals surface area contributed by atoms with Crippen LogP contribution in [0.2, 0.25) is 0 Å². The molecule has 0 rings (SSSR count). The van der Waals surface area contributed by atoms with Gasteiger partial charge >= 0.3 is 37.7 Å². The molecule has 0 fully saturated rings. The van der Waals surface area contributed by atoms with E-state index in [-0.39, 0.29) is 61.8 Å². The van der Waals surface area contributed by atoms with Crippen LogP contribution < -0.4 is 18.6 Å². The van der Waals surface area contributed by atoms with Gasteiger partial charge in [0.15, 0.2) is 0 Å². The van der Waals surface area contributed by atoms with E-state index < -0.39 is 0 Å². The molecule has 4 heteroatoms. The van der Waals surface area contributed by atoms with E-state index in [0.29, 0.717) is 0 Å². The van der Waals surface area contributed by atoms with E-state index in [2.05, 4.69) is 0 Å². The normalized spacial score (nSPS) is 0. The maximum absolute atomic E-state index is 0. The second kappa shape index (κ2) is 24.9. The molecule has 0 unspecified atom stereocenters. The molecular formula is H4CaClNO. The van der Waals surface area contributed by atoms with Gasteiger partial charge in [-0.3, -0.25) is 0 Å². The fourth-order valence-electron chi connectivity index (χ4n) is 0. The molecule has 0 bridgehead atoms. The van der Waals surface area contributed by atoms with Crippen LogP contribution in [0, 0.1) is 0 Å². The Balaban J connectivity index is 0. The van der Waals surface area contributed by atoms with Crippen molar-refractivity contribution in [1.29, 1.82) is 0 Å². The van der Waals surface area contributed by atoms with Crippen LogP contribution in [0.3, 0.4) is 0 Å². The zero-order valence-electron chi connectivity index (χ0n) is 2.49. The van der Waals surface area contributed by atoms with Gasteiger partial charge in [0.25, 0.3) is 0 Å². The summed E-state index contributed by atoms with van der Waals surface area (Å²) < 4.78 is 0. The fraction of sp³-hybridized carbons (Fsp3) is 0. The molecule has 0 spiro atoms. The monoisotopic (exact) mass is 109 g/mol. The van der Waals surface area contributed by atoms with E-state index in [9.17, 15) is 0 Å². The standard InChI is InChI=1S/Ca.ClH.H3N.O/h;1H;1H3;/q+2;;;-2. The third kappa shape index (κ3) is 9.80. The molecule has 0 aromatic heterocycles. The smallest absolute Gasteiger partial charge is 2.00 e. The molecule has 0 atom stereocenters. The van der Waals surface area contributed by atoms with E-state index in [1.165, 1.54) is 0 Å². The first-order chi connectivity index (χ1) is 0. The van der Waals surface area contributed by atoms with E-state index >= 15 is 0 Å². The summed E-state index contributed by atoms with van der Waals surface area (Å²) in [6, 6.07) is 0. The van der Waals surface area contributed by atoms with Crippen molar-refractivity contribution in [2.24, 2.45) is 0 Å². The third-order valence-electron chi connectivity index (χ3n) is 0. The predicted molar refractivity (Wildman–Crippen MR) is 12.4 cm³/mol. The quantitative estimate of drug-likeness (QED) is 0.320. The Labute approximate surface area is 61.3 Å². The molecule has 0 aromatic rings. The summed E-state index contributed by atoms with van der Waals surface area (Å²) in [5, 5.41) is 0. The fourth-order valence-corrected chi connectivity index (χ4v) is 0. The zero-order valence-corrected chi connectivity index (χ0v) is 5.46. The minimum Gasteiger partial charge on any atom is -2.00 e. The molecule has 0 aromatic carbocycles. The van der Waals surface area contributed by atoms with Crippen molar-refractivity contribution in [3.8, 4) is 0 Å². The Hall–Kier alpha value is 1.47. The molecule has 0 saturated carbocycles. The number of quaternary nitrogens is 1. The Kier molecular flexibility index (Phi) is 315. The summed E-state index contributed by atoms with van der Waals surface area (Å²) in [6.45, 7) is 0. The largest absolute Gasteiger partial charge is 2.00 e. The van der Waals surface area contributed by atoms with Gasteiger partial charge in [-0.25, -0.2) is 0 Å². The van der Waals surface area contributed by atoms with Crippen LogP contribution in [0.1, 0.15) is 0 Å². The zero-order chi connectivity index (χ0) is 0. The van der Waals surface area contributed by atoms with Crippen LogP contribution in [-0.4, -0.2) is 37.7 Å². The van der Waals surface area contributed by atoms with Crippen molar-refractivity contribution in [2.45, 2.75) is 0 Å². The molecule has 0 heterocycles. The van der Waals surface area contributed by atoms with Crippen molar-refractivity contribution >= 4 is 37.7 Å². The maximum Gasteiger partial charge on any atom is 2.00 e.